The summed E-state index contributed by atoms with van der Waals surface area (Å²) in [5.41, 5.74) is 8.55. The number of hydrogen-bond donors (Lipinski definition) is 3. The maximum Gasteiger partial charge on any atom is 0.327 e. The lowest BCUT2D eigenvalue weighted by Crippen LogP contribution is -2.38. The van der Waals surface area contributed by atoms with Gasteiger partial charge in [-0.15, -0.1) is 17.0 Å². The van der Waals surface area contributed by atoms with Crippen molar-refractivity contribution in [3.63, 3.8) is 0 Å². The smallest absolute Gasteiger partial charge is 0.327 e. The van der Waals surface area contributed by atoms with E-state index in [0.717, 1.165) is 82.7 Å². The van der Waals surface area contributed by atoms with Crippen molar-refractivity contribution in [1.82, 2.24) is 29.3 Å². The van der Waals surface area contributed by atoms with E-state index in [4.69, 9.17) is 15.2 Å². The van der Waals surface area contributed by atoms with Crippen LogP contribution in [0.25, 0.3) is 11.2 Å². The highest BCUT2D eigenvalue weighted by atomic mass is 79.9. The minimum atomic E-state index is -0.841. The molecular weight excluding hydrogens is 594 g/mol. The quantitative estimate of drug-likeness (QED) is 0.200. The number of hydrogen-bond acceptors (Lipinski definition) is 9. The summed E-state index contributed by atoms with van der Waals surface area (Å²) in [6.45, 7) is 9.82. The normalized spacial score (nSPS) is 13.9. The zero-order valence-corrected chi connectivity index (χ0v) is 25.4. The molecule has 226 valence electrons. The number of benzene rings is 1. The highest BCUT2D eigenvalue weighted by molar-refractivity contribution is 8.93. The summed E-state index contributed by atoms with van der Waals surface area (Å²) in [6.07, 6.45) is 3.59. The van der Waals surface area contributed by atoms with Gasteiger partial charge in [0.25, 0.3) is 0 Å². The fourth-order valence-electron chi connectivity index (χ4n) is 4.95. The Morgan fingerprint density at radius 1 is 1.15 bits per heavy atom. The minimum absolute atomic E-state index is 0. The standard InChI is InChI=1S/C28H41N7O5.BrH/c1-2-3-15-40-27-31-25(29)24-26(32-27)35(28(38)30-24)12-6-11-34(10-5-9-33-13-16-39-17-14-33)20-22-8-4-7-21(18-22)19-23(36)37;/h4,7-8,18H,2-3,5-6,9-17,19-20H2,1H3,(H,30,38)(H,36,37)(H2,29,31,32);1H. The van der Waals surface area contributed by atoms with E-state index in [1.165, 1.54) is 0 Å². The number of anilines is 1. The van der Waals surface area contributed by atoms with Crippen LogP contribution in [0.1, 0.15) is 43.7 Å². The van der Waals surface area contributed by atoms with Crippen molar-refractivity contribution in [2.75, 3.05) is 58.3 Å². The van der Waals surface area contributed by atoms with Gasteiger partial charge in [0.05, 0.1) is 26.2 Å². The van der Waals surface area contributed by atoms with Gasteiger partial charge in [0.1, 0.15) is 5.52 Å². The van der Waals surface area contributed by atoms with Crippen molar-refractivity contribution in [3.05, 3.63) is 45.9 Å². The van der Waals surface area contributed by atoms with Crippen molar-refractivity contribution < 1.29 is 19.4 Å². The molecule has 0 saturated carbocycles. The SMILES string of the molecule is Br.CCCCOc1nc(N)c2[nH]c(=O)n(CCCN(CCCN3CCOCC3)Cc3cccc(CC(=O)O)c3)c2n1. The number of nitrogens with two attached hydrogens (primary N) is 1. The number of carbonyl (C=O) groups is 1. The molecule has 4 rings (SSSR count). The van der Waals surface area contributed by atoms with Crippen LogP contribution in [0.2, 0.25) is 0 Å². The highest BCUT2D eigenvalue weighted by Gasteiger charge is 2.16. The van der Waals surface area contributed by atoms with Gasteiger partial charge in [-0.2, -0.15) is 9.97 Å². The predicted molar refractivity (Wildman–Crippen MR) is 163 cm³/mol. The number of nitrogens with zero attached hydrogens (tertiary/aromatic N) is 5. The molecule has 0 amide bonds. The van der Waals surface area contributed by atoms with Crippen LogP contribution in [0, 0.1) is 0 Å². The highest BCUT2D eigenvalue weighted by Crippen LogP contribution is 2.18. The van der Waals surface area contributed by atoms with Gasteiger partial charge in [-0.05, 0) is 43.5 Å². The third-order valence-corrected chi connectivity index (χ3v) is 7.02. The maximum atomic E-state index is 12.8. The molecule has 41 heavy (non-hydrogen) atoms. The molecule has 0 atom stereocenters. The molecular formula is C28H42BrN7O5. The topological polar surface area (TPSA) is 152 Å². The summed E-state index contributed by atoms with van der Waals surface area (Å²) in [7, 11) is 0. The Bertz CT molecular complexity index is 1310. The molecule has 4 N–H and O–H groups in total. The van der Waals surface area contributed by atoms with Crippen molar-refractivity contribution in [2.45, 2.75) is 52.1 Å². The van der Waals surface area contributed by atoms with E-state index >= 15 is 0 Å². The Morgan fingerprint density at radius 2 is 1.88 bits per heavy atom. The Kier molecular flexibility index (Phi) is 13.0. The number of carboxylic acid groups (broad SMARTS) is 1. The van der Waals surface area contributed by atoms with Crippen molar-refractivity contribution >= 4 is 39.9 Å². The molecule has 13 heteroatoms. The number of nitrogens with one attached hydrogen (secondary N) is 1. The number of imidazole rings is 1. The Labute approximate surface area is 250 Å². The number of aromatic amines is 1. The predicted octanol–water partition coefficient (Wildman–Crippen LogP) is 2.70. The molecule has 1 saturated heterocycles. The number of nitrogen functional groups attached to an aromatic ring is 1. The first-order valence-corrected chi connectivity index (χ1v) is 14.1. The van der Waals surface area contributed by atoms with Crippen LogP contribution in [0.3, 0.4) is 0 Å². The van der Waals surface area contributed by atoms with E-state index in [0.29, 0.717) is 30.9 Å². The first-order chi connectivity index (χ1) is 19.4. The van der Waals surface area contributed by atoms with Crippen LogP contribution in [-0.4, -0.2) is 92.9 Å². The van der Waals surface area contributed by atoms with Gasteiger partial charge in [-0.3, -0.25) is 19.2 Å². The molecule has 0 aliphatic carbocycles. The second-order valence-electron chi connectivity index (χ2n) is 10.2. The summed E-state index contributed by atoms with van der Waals surface area (Å²) < 4.78 is 12.7. The molecule has 0 radical (unpaired) electrons. The van der Waals surface area contributed by atoms with Gasteiger partial charge >= 0.3 is 17.7 Å². The second kappa shape index (κ2) is 16.4. The molecule has 0 bridgehead atoms. The van der Waals surface area contributed by atoms with Crippen molar-refractivity contribution in [3.8, 4) is 6.01 Å². The van der Waals surface area contributed by atoms with Crippen LogP contribution in [0.15, 0.2) is 29.1 Å². The summed E-state index contributed by atoms with van der Waals surface area (Å²) in [5.74, 6) is -0.648. The average molecular weight is 637 g/mol. The Morgan fingerprint density at radius 3 is 2.61 bits per heavy atom. The number of unbranched alkanes of at least 4 members (excludes halogenated alkanes) is 1. The number of morpholine rings is 1. The zero-order valence-electron chi connectivity index (χ0n) is 23.7. The fourth-order valence-corrected chi connectivity index (χ4v) is 4.95. The number of H-pyrrole nitrogens is 1. The number of rotatable bonds is 16. The molecule has 1 aliphatic heterocycles. The van der Waals surface area contributed by atoms with Crippen LogP contribution < -0.4 is 16.2 Å². The molecule has 0 unspecified atom stereocenters. The summed E-state index contributed by atoms with van der Waals surface area (Å²) >= 11 is 0. The number of carboxylic acids is 1. The number of aryl methyl sites for hydroxylation is 1. The van der Waals surface area contributed by atoms with E-state index in [1.807, 2.05) is 24.3 Å². The lowest BCUT2D eigenvalue weighted by molar-refractivity contribution is -0.136. The van der Waals surface area contributed by atoms with Crippen LogP contribution in [0.5, 0.6) is 6.01 Å². The maximum absolute atomic E-state index is 12.8. The van der Waals surface area contributed by atoms with Gasteiger partial charge in [-0.1, -0.05) is 37.6 Å². The summed E-state index contributed by atoms with van der Waals surface area (Å²) in [5, 5.41) is 9.19. The molecule has 1 aromatic carbocycles. The van der Waals surface area contributed by atoms with Crippen LogP contribution >= 0.6 is 17.0 Å². The summed E-state index contributed by atoms with van der Waals surface area (Å²) in [6, 6.07) is 7.93. The number of halogens is 1. The van der Waals surface area contributed by atoms with Gasteiger partial charge in [-0.25, -0.2) is 4.79 Å². The van der Waals surface area contributed by atoms with E-state index in [1.54, 1.807) is 4.57 Å². The number of fused-ring (bicyclic) bond motifs is 1. The molecule has 1 fully saturated rings. The van der Waals surface area contributed by atoms with Crippen LogP contribution in [-0.2, 0) is 29.0 Å². The third kappa shape index (κ3) is 9.80. The van der Waals surface area contributed by atoms with E-state index < -0.39 is 5.97 Å². The van der Waals surface area contributed by atoms with E-state index in [9.17, 15) is 14.7 Å². The van der Waals surface area contributed by atoms with E-state index in [-0.39, 0.29) is 40.9 Å². The third-order valence-electron chi connectivity index (χ3n) is 7.02. The number of aromatic nitrogens is 4. The van der Waals surface area contributed by atoms with Crippen molar-refractivity contribution in [1.29, 1.82) is 0 Å². The average Bonchev–Trinajstić information content (AvgIpc) is 3.24. The van der Waals surface area contributed by atoms with Gasteiger partial charge in [0, 0.05) is 32.7 Å². The van der Waals surface area contributed by atoms with Crippen LogP contribution in [0.4, 0.5) is 5.82 Å². The summed E-state index contributed by atoms with van der Waals surface area (Å²) in [4.78, 5) is 40.2. The first kappa shape index (κ1) is 32.5. The first-order valence-electron chi connectivity index (χ1n) is 14.1. The molecule has 1 aliphatic rings. The fraction of sp³-hybridized carbons (Fsp3) is 0.571. The minimum Gasteiger partial charge on any atom is -0.481 e. The Balaban J connectivity index is 0.00000462. The number of ether oxygens (including phenoxy) is 2. The molecule has 2 aromatic heterocycles. The number of aliphatic carboxylic acids is 1. The lowest BCUT2D eigenvalue weighted by Gasteiger charge is -2.28. The molecule has 3 aromatic rings. The molecule has 12 nitrogen and oxygen atoms in total. The Hall–Kier alpha value is -3.00. The van der Waals surface area contributed by atoms with Gasteiger partial charge in [0.2, 0.25) is 0 Å². The molecule has 3 heterocycles. The monoisotopic (exact) mass is 635 g/mol. The largest absolute Gasteiger partial charge is 0.481 e. The second-order valence-corrected chi connectivity index (χ2v) is 10.2. The van der Waals surface area contributed by atoms with Gasteiger partial charge in [0.15, 0.2) is 11.5 Å². The van der Waals surface area contributed by atoms with Crippen molar-refractivity contribution in [2.24, 2.45) is 0 Å². The lowest BCUT2D eigenvalue weighted by atomic mass is 10.1. The van der Waals surface area contributed by atoms with E-state index in [2.05, 4.69) is 31.7 Å². The van der Waals surface area contributed by atoms with Gasteiger partial charge < -0.3 is 25.3 Å². The molecule has 0 spiro atoms. The zero-order chi connectivity index (χ0) is 28.3.